The number of unbranched alkanes of at least 4 members (excludes halogenated alkanes) is 2. The molecule has 8 heteroatoms. The lowest BCUT2D eigenvalue weighted by molar-refractivity contribution is 0.0594. The quantitative estimate of drug-likeness (QED) is 0.478. The van der Waals surface area contributed by atoms with E-state index in [0.29, 0.717) is 11.6 Å². The van der Waals surface area contributed by atoms with Gasteiger partial charge < -0.3 is 4.74 Å². The van der Waals surface area contributed by atoms with E-state index in [4.69, 9.17) is 0 Å². The van der Waals surface area contributed by atoms with E-state index < -0.39 is 16.0 Å². The first-order valence-corrected chi connectivity index (χ1v) is 10.8. The molecule has 0 radical (unpaired) electrons. The van der Waals surface area contributed by atoms with E-state index in [2.05, 4.69) is 16.6 Å². The molecule has 0 unspecified atom stereocenters. The molecule has 2 rings (SSSR count). The summed E-state index contributed by atoms with van der Waals surface area (Å²) in [5.41, 5.74) is 1.21. The van der Waals surface area contributed by atoms with Crippen LogP contribution in [-0.4, -0.2) is 37.3 Å². The van der Waals surface area contributed by atoms with Crippen LogP contribution in [0.2, 0.25) is 0 Å². The van der Waals surface area contributed by atoms with Crippen molar-refractivity contribution < 1.29 is 17.9 Å². The summed E-state index contributed by atoms with van der Waals surface area (Å²) in [7, 11) is -2.34. The second kappa shape index (κ2) is 9.25. The zero-order valence-corrected chi connectivity index (χ0v) is 16.9. The van der Waals surface area contributed by atoms with Crippen molar-refractivity contribution in [2.75, 3.05) is 13.7 Å². The number of aryl methyl sites for hydroxylation is 1. The minimum Gasteiger partial charge on any atom is -0.464 e. The van der Waals surface area contributed by atoms with Gasteiger partial charge in [0.25, 0.3) is 0 Å². The molecule has 0 saturated carbocycles. The molecule has 0 amide bonds. The molecule has 26 heavy (non-hydrogen) atoms. The summed E-state index contributed by atoms with van der Waals surface area (Å²) >= 11 is 1.26. The molecule has 0 spiro atoms. The predicted molar refractivity (Wildman–Crippen MR) is 102 cm³/mol. The molecular formula is C18H24N2O4S2. The van der Waals surface area contributed by atoms with Crippen molar-refractivity contribution in [3.63, 3.8) is 0 Å². The number of ether oxygens (including phenoxy) is 1. The van der Waals surface area contributed by atoms with E-state index in [0.717, 1.165) is 24.8 Å². The molecule has 0 bridgehead atoms. The molecule has 0 aliphatic heterocycles. The molecule has 0 aliphatic carbocycles. The Labute approximate surface area is 158 Å². The Balaban J connectivity index is 2.26. The summed E-state index contributed by atoms with van der Waals surface area (Å²) < 4.78 is 32.2. The first-order chi connectivity index (χ1) is 12.4. The lowest BCUT2D eigenvalue weighted by Gasteiger charge is -2.21. The summed E-state index contributed by atoms with van der Waals surface area (Å²) in [6.45, 7) is 4.54. The van der Waals surface area contributed by atoms with E-state index in [-0.39, 0.29) is 17.1 Å². The topological polar surface area (TPSA) is 76.6 Å². The number of hydrogen-bond donors (Lipinski definition) is 0. The van der Waals surface area contributed by atoms with E-state index in [9.17, 15) is 13.2 Å². The SMILES string of the molecule is CCCCCN(Cc1nc(C(=O)OC)cs1)S(=O)(=O)c1ccc(C)cc1. The fourth-order valence-corrected chi connectivity index (χ4v) is 4.71. The Morgan fingerprint density at radius 3 is 2.54 bits per heavy atom. The maximum atomic E-state index is 13.1. The summed E-state index contributed by atoms with van der Waals surface area (Å²) in [5.74, 6) is -0.522. The van der Waals surface area contributed by atoms with Crippen LogP contribution in [0.5, 0.6) is 0 Å². The van der Waals surface area contributed by atoms with Crippen LogP contribution in [0.1, 0.15) is 47.2 Å². The maximum absolute atomic E-state index is 13.1. The lowest BCUT2D eigenvalue weighted by atomic mass is 10.2. The molecule has 1 heterocycles. The Morgan fingerprint density at radius 1 is 1.23 bits per heavy atom. The predicted octanol–water partition coefficient (Wildman–Crippen LogP) is 3.62. The van der Waals surface area contributed by atoms with Gasteiger partial charge in [0.15, 0.2) is 5.69 Å². The molecule has 0 saturated heterocycles. The molecule has 0 atom stereocenters. The fourth-order valence-electron chi connectivity index (χ4n) is 2.41. The molecule has 1 aromatic heterocycles. The zero-order valence-electron chi connectivity index (χ0n) is 15.3. The van der Waals surface area contributed by atoms with E-state index in [1.54, 1.807) is 29.6 Å². The summed E-state index contributed by atoms with van der Waals surface area (Å²) in [6, 6.07) is 6.82. The highest BCUT2D eigenvalue weighted by Crippen LogP contribution is 2.21. The number of nitrogens with zero attached hydrogens (tertiary/aromatic N) is 2. The number of carbonyl (C=O) groups is 1. The number of methoxy groups -OCH3 is 1. The van der Waals surface area contributed by atoms with Crippen LogP contribution < -0.4 is 0 Å². The van der Waals surface area contributed by atoms with Gasteiger partial charge in [-0.05, 0) is 25.5 Å². The molecule has 0 fully saturated rings. The molecule has 0 N–H and O–H groups in total. The third-order valence-corrected chi connectivity index (χ3v) is 6.62. The van der Waals surface area contributed by atoms with Crippen LogP contribution in [0, 0.1) is 6.92 Å². The fraction of sp³-hybridized carbons (Fsp3) is 0.444. The molecule has 142 valence electrons. The number of thiazole rings is 1. The van der Waals surface area contributed by atoms with Crippen molar-refractivity contribution >= 4 is 27.3 Å². The standard InChI is InChI=1S/C18H24N2O4S2/c1-4-5-6-11-20(12-17-19-16(13-25-17)18(21)24-3)26(22,23)15-9-7-14(2)8-10-15/h7-10,13H,4-6,11-12H2,1-3H3. The van der Waals surface area contributed by atoms with Crippen molar-refractivity contribution in [3.8, 4) is 0 Å². The van der Waals surface area contributed by atoms with Gasteiger partial charge in [-0.1, -0.05) is 37.5 Å². The van der Waals surface area contributed by atoms with Crippen LogP contribution in [0.4, 0.5) is 0 Å². The minimum absolute atomic E-state index is 0.140. The van der Waals surface area contributed by atoms with Crippen LogP contribution in [0.15, 0.2) is 34.5 Å². The van der Waals surface area contributed by atoms with Crippen molar-refractivity contribution in [2.24, 2.45) is 0 Å². The number of sulfonamides is 1. The Hall–Kier alpha value is -1.77. The normalized spacial score (nSPS) is 11.7. The number of aromatic nitrogens is 1. The smallest absolute Gasteiger partial charge is 0.357 e. The number of hydrogen-bond acceptors (Lipinski definition) is 6. The number of carbonyl (C=O) groups excluding carboxylic acids is 1. The molecule has 2 aromatic rings. The van der Waals surface area contributed by atoms with Crippen LogP contribution in [0.3, 0.4) is 0 Å². The second-order valence-corrected chi connectivity index (χ2v) is 8.86. The van der Waals surface area contributed by atoms with Crippen molar-refractivity contribution in [1.82, 2.24) is 9.29 Å². The highest BCUT2D eigenvalue weighted by Gasteiger charge is 2.25. The van der Waals surface area contributed by atoms with Gasteiger partial charge in [0.2, 0.25) is 10.0 Å². The molecule has 6 nitrogen and oxygen atoms in total. The Bertz CT molecular complexity index is 829. The van der Waals surface area contributed by atoms with E-state index in [1.807, 2.05) is 6.92 Å². The van der Waals surface area contributed by atoms with Gasteiger partial charge in [0, 0.05) is 11.9 Å². The van der Waals surface area contributed by atoms with Gasteiger partial charge in [-0.3, -0.25) is 0 Å². The van der Waals surface area contributed by atoms with Crippen LogP contribution in [-0.2, 0) is 21.3 Å². The lowest BCUT2D eigenvalue weighted by Crippen LogP contribution is -2.31. The zero-order chi connectivity index (χ0) is 19.2. The van der Waals surface area contributed by atoms with Gasteiger partial charge in [0.1, 0.15) is 5.01 Å². The van der Waals surface area contributed by atoms with E-state index in [1.165, 1.54) is 22.8 Å². The van der Waals surface area contributed by atoms with Crippen molar-refractivity contribution in [2.45, 2.75) is 44.6 Å². The number of rotatable bonds is 9. The third-order valence-electron chi connectivity index (χ3n) is 3.93. The van der Waals surface area contributed by atoms with Gasteiger partial charge in [-0.2, -0.15) is 4.31 Å². The number of benzene rings is 1. The third kappa shape index (κ3) is 5.12. The largest absolute Gasteiger partial charge is 0.464 e. The average molecular weight is 397 g/mol. The van der Waals surface area contributed by atoms with Gasteiger partial charge >= 0.3 is 5.97 Å². The molecular weight excluding hydrogens is 372 g/mol. The van der Waals surface area contributed by atoms with Gasteiger partial charge in [-0.15, -0.1) is 11.3 Å². The average Bonchev–Trinajstić information content (AvgIpc) is 3.09. The first-order valence-electron chi connectivity index (χ1n) is 8.48. The van der Waals surface area contributed by atoms with Gasteiger partial charge in [-0.25, -0.2) is 18.2 Å². The second-order valence-electron chi connectivity index (χ2n) is 5.98. The highest BCUT2D eigenvalue weighted by molar-refractivity contribution is 7.89. The number of esters is 1. The van der Waals surface area contributed by atoms with Crippen LogP contribution >= 0.6 is 11.3 Å². The molecule has 0 aliphatic rings. The minimum atomic E-state index is -3.63. The first kappa shape index (κ1) is 20.5. The Kier molecular flexibility index (Phi) is 7.31. The summed E-state index contributed by atoms with van der Waals surface area (Å²) in [6.07, 6.45) is 2.73. The highest BCUT2D eigenvalue weighted by atomic mass is 32.2. The van der Waals surface area contributed by atoms with Crippen molar-refractivity contribution in [1.29, 1.82) is 0 Å². The van der Waals surface area contributed by atoms with Crippen molar-refractivity contribution in [3.05, 3.63) is 45.9 Å². The van der Waals surface area contributed by atoms with Crippen LogP contribution in [0.25, 0.3) is 0 Å². The van der Waals surface area contributed by atoms with Gasteiger partial charge in [0.05, 0.1) is 18.6 Å². The summed E-state index contributed by atoms with van der Waals surface area (Å²) in [5, 5.41) is 2.15. The summed E-state index contributed by atoms with van der Waals surface area (Å²) in [4.78, 5) is 16.0. The van der Waals surface area contributed by atoms with E-state index >= 15 is 0 Å². The maximum Gasteiger partial charge on any atom is 0.357 e. The monoisotopic (exact) mass is 396 g/mol. The Morgan fingerprint density at radius 2 is 1.92 bits per heavy atom. The molecule has 1 aromatic carbocycles.